The van der Waals surface area contributed by atoms with Gasteiger partial charge in [-0.3, -0.25) is 0 Å². The summed E-state index contributed by atoms with van der Waals surface area (Å²) in [4.78, 5) is 0. The minimum Gasteiger partial charge on any atom is -0.0805 e. The molecule has 0 unspecified atom stereocenters. The SMILES string of the molecule is C[SiH](C)[Si](C(C1=CC=CC1)C1=CC=CC1)([SiH](C)C)[SiH](C)C. The summed E-state index contributed by atoms with van der Waals surface area (Å²) in [5.74, 6) is 0. The van der Waals surface area contributed by atoms with Crippen LogP contribution in [-0.2, 0) is 0 Å². The van der Waals surface area contributed by atoms with E-state index in [-0.39, 0.29) is 0 Å². The summed E-state index contributed by atoms with van der Waals surface area (Å²) in [6, 6.07) is 0. The summed E-state index contributed by atoms with van der Waals surface area (Å²) < 4.78 is 0. The Kier molecular flexibility index (Phi) is 5.68. The first-order valence-corrected chi connectivity index (χ1v) is 23.1. The van der Waals surface area contributed by atoms with Crippen molar-refractivity contribution in [1.29, 1.82) is 0 Å². The van der Waals surface area contributed by atoms with Crippen LogP contribution in [0.3, 0.4) is 0 Å². The quantitative estimate of drug-likeness (QED) is 0.629. The first-order valence-electron chi connectivity index (χ1n) is 8.63. The topological polar surface area (TPSA) is 0 Å². The van der Waals surface area contributed by atoms with E-state index in [1.54, 1.807) is 11.1 Å². The van der Waals surface area contributed by atoms with Gasteiger partial charge >= 0.3 is 0 Å². The van der Waals surface area contributed by atoms with Crippen LogP contribution in [0.1, 0.15) is 12.8 Å². The Balaban J connectivity index is 2.54. The molecule has 116 valence electrons. The number of hydrogen-bond acceptors (Lipinski definition) is 0. The van der Waals surface area contributed by atoms with Crippen LogP contribution in [0, 0.1) is 0 Å². The Labute approximate surface area is 136 Å². The van der Waals surface area contributed by atoms with Crippen molar-refractivity contribution in [1.82, 2.24) is 0 Å². The molecule has 2 aliphatic rings. The van der Waals surface area contributed by atoms with Gasteiger partial charge in [-0.1, -0.05) is 86.9 Å². The van der Waals surface area contributed by atoms with Gasteiger partial charge < -0.3 is 0 Å². The Morgan fingerprint density at radius 1 is 0.762 bits per heavy atom. The molecule has 0 fully saturated rings. The van der Waals surface area contributed by atoms with Crippen molar-refractivity contribution in [3.05, 3.63) is 47.6 Å². The van der Waals surface area contributed by atoms with Crippen LogP contribution in [0.15, 0.2) is 47.6 Å². The van der Waals surface area contributed by atoms with E-state index < -0.39 is 31.6 Å². The lowest BCUT2D eigenvalue weighted by molar-refractivity contribution is 1.01. The highest BCUT2D eigenvalue weighted by Crippen LogP contribution is 2.46. The highest BCUT2D eigenvalue weighted by Gasteiger charge is 2.51. The van der Waals surface area contributed by atoms with E-state index in [2.05, 4.69) is 75.7 Å². The van der Waals surface area contributed by atoms with Gasteiger partial charge in [0.1, 0.15) is 0 Å². The molecule has 0 atom stereocenters. The minimum atomic E-state index is -1.09. The van der Waals surface area contributed by atoms with Crippen molar-refractivity contribution < 1.29 is 0 Å². The zero-order valence-electron chi connectivity index (χ0n) is 14.7. The lowest BCUT2D eigenvalue weighted by atomic mass is 10.0. The van der Waals surface area contributed by atoms with Gasteiger partial charge in [0, 0.05) is 31.6 Å². The number of rotatable bonds is 6. The van der Waals surface area contributed by atoms with Crippen molar-refractivity contribution in [3.8, 4) is 0 Å². The van der Waals surface area contributed by atoms with Gasteiger partial charge in [0.25, 0.3) is 0 Å². The zero-order valence-corrected chi connectivity index (χ0v) is 19.2. The fraction of sp³-hybridized carbons (Fsp3) is 0.529. The van der Waals surface area contributed by atoms with Gasteiger partial charge in [0.05, 0.1) is 0 Å². The summed E-state index contributed by atoms with van der Waals surface area (Å²) >= 11 is 0. The second-order valence-corrected chi connectivity index (χ2v) is 42.5. The maximum absolute atomic E-state index is 2.70. The third-order valence-corrected chi connectivity index (χ3v) is 70.6. The molecule has 0 aromatic rings. The van der Waals surface area contributed by atoms with Crippen LogP contribution in [0.25, 0.3) is 0 Å². The zero-order chi connectivity index (χ0) is 15.6. The summed E-state index contributed by atoms with van der Waals surface area (Å²) in [6.45, 7) is 15.1. The maximum Gasteiger partial charge on any atom is 0.0400 e. The van der Waals surface area contributed by atoms with E-state index in [0.29, 0.717) is 0 Å². The lowest BCUT2D eigenvalue weighted by Gasteiger charge is -2.49. The third kappa shape index (κ3) is 3.00. The van der Waals surface area contributed by atoms with Crippen molar-refractivity contribution in [2.24, 2.45) is 0 Å². The minimum absolute atomic E-state index is 0.582. The van der Waals surface area contributed by atoms with Gasteiger partial charge in [-0.2, -0.15) is 0 Å². The number of allylic oxidation sites excluding steroid dienone is 8. The molecule has 0 aromatic carbocycles. The molecule has 21 heavy (non-hydrogen) atoms. The smallest absolute Gasteiger partial charge is 0.0400 e. The Hall–Kier alpha value is -0.172. The largest absolute Gasteiger partial charge is 0.0805 e. The van der Waals surface area contributed by atoms with Gasteiger partial charge in [-0.25, -0.2) is 0 Å². The van der Waals surface area contributed by atoms with E-state index in [1.807, 2.05) is 0 Å². The molecule has 0 saturated carbocycles. The summed E-state index contributed by atoms with van der Waals surface area (Å²) in [5.41, 5.74) is 4.49. The molecule has 0 nitrogen and oxygen atoms in total. The van der Waals surface area contributed by atoms with Crippen molar-refractivity contribution in [2.75, 3.05) is 0 Å². The van der Waals surface area contributed by atoms with Crippen LogP contribution < -0.4 is 0 Å². The van der Waals surface area contributed by atoms with Gasteiger partial charge in [-0.05, 0) is 18.4 Å². The van der Waals surface area contributed by atoms with Crippen LogP contribution in [0.5, 0.6) is 0 Å². The average molecular weight is 349 g/mol. The molecular weight excluding hydrogens is 317 g/mol. The van der Waals surface area contributed by atoms with Crippen molar-refractivity contribution in [2.45, 2.75) is 57.7 Å². The van der Waals surface area contributed by atoms with Crippen LogP contribution in [0.4, 0.5) is 0 Å². The summed E-state index contributed by atoms with van der Waals surface area (Å²) in [6.07, 6.45) is 16.8. The number of hydrogen-bond donors (Lipinski definition) is 0. The van der Waals surface area contributed by atoms with Crippen LogP contribution in [0.2, 0.25) is 44.8 Å². The maximum atomic E-state index is 2.70. The Morgan fingerprint density at radius 2 is 1.14 bits per heavy atom. The molecule has 0 bridgehead atoms. The summed E-state index contributed by atoms with van der Waals surface area (Å²) in [7, 11) is -1.75. The molecule has 2 rings (SSSR count). The normalized spacial score (nSPS) is 18.6. The molecule has 0 amide bonds. The molecular formula is C17H32Si4. The summed E-state index contributed by atoms with van der Waals surface area (Å²) in [5, 5.41) is 0. The Morgan fingerprint density at radius 3 is 1.38 bits per heavy atom. The molecule has 0 aromatic heterocycles. The molecule has 4 heteroatoms. The molecule has 0 saturated heterocycles. The van der Waals surface area contributed by atoms with E-state index in [9.17, 15) is 0 Å². The van der Waals surface area contributed by atoms with Crippen molar-refractivity contribution >= 4 is 31.6 Å². The molecule has 0 aliphatic heterocycles. The van der Waals surface area contributed by atoms with E-state index in [4.69, 9.17) is 0 Å². The molecule has 2 aliphatic carbocycles. The highest BCUT2D eigenvalue weighted by atomic mass is 29.9. The van der Waals surface area contributed by atoms with E-state index >= 15 is 0 Å². The van der Waals surface area contributed by atoms with Gasteiger partial charge in [0.2, 0.25) is 0 Å². The molecule has 0 heterocycles. The molecule has 0 radical (unpaired) electrons. The monoisotopic (exact) mass is 348 g/mol. The predicted octanol–water partition coefficient (Wildman–Crippen LogP) is 4.27. The molecule has 0 N–H and O–H groups in total. The van der Waals surface area contributed by atoms with E-state index in [0.717, 1.165) is 5.54 Å². The van der Waals surface area contributed by atoms with E-state index in [1.165, 1.54) is 12.8 Å². The van der Waals surface area contributed by atoms with Crippen LogP contribution >= 0.6 is 0 Å². The Bertz CT molecular complexity index is 443. The fourth-order valence-electron chi connectivity index (χ4n) is 5.24. The van der Waals surface area contributed by atoms with Crippen LogP contribution in [-0.4, -0.2) is 31.6 Å². The average Bonchev–Trinajstić information content (AvgIpc) is 3.07. The fourth-order valence-corrected chi connectivity index (χ4v) is 70.8. The van der Waals surface area contributed by atoms with Gasteiger partial charge in [-0.15, -0.1) is 0 Å². The predicted molar refractivity (Wildman–Crippen MR) is 110 cm³/mol. The first kappa shape index (κ1) is 17.2. The molecule has 0 spiro atoms. The third-order valence-electron chi connectivity index (χ3n) is 5.84. The highest BCUT2D eigenvalue weighted by molar-refractivity contribution is 7.80. The first-order chi connectivity index (χ1) is 9.92. The second-order valence-electron chi connectivity index (χ2n) is 7.64. The standard InChI is InChI=1S/C17H32Si4/c1-18(2)21(19(3)4,20(5)6)17(15-11-7-8-12-15)16-13-9-10-14-16/h7-11,13,17-20H,12,14H2,1-6H3. The lowest BCUT2D eigenvalue weighted by Crippen LogP contribution is -2.70. The second kappa shape index (κ2) is 6.94. The van der Waals surface area contributed by atoms with Gasteiger partial charge in [0.15, 0.2) is 0 Å². The van der Waals surface area contributed by atoms with Crippen molar-refractivity contribution in [3.63, 3.8) is 0 Å².